The van der Waals surface area contributed by atoms with E-state index in [1.165, 1.54) is 6.07 Å². The van der Waals surface area contributed by atoms with Gasteiger partial charge < -0.3 is 15.7 Å². The molecule has 1 amide bonds. The summed E-state index contributed by atoms with van der Waals surface area (Å²) < 4.78 is 0. The Hall–Kier alpha value is -2.89. The number of nitrogens with one attached hydrogen (secondary N) is 2. The first kappa shape index (κ1) is 17.5. The maximum absolute atomic E-state index is 11.9. The maximum atomic E-state index is 11.9. The van der Waals surface area contributed by atoms with Gasteiger partial charge in [0.05, 0.1) is 0 Å². The van der Waals surface area contributed by atoms with Crippen molar-refractivity contribution in [2.45, 2.75) is 26.8 Å². The number of carbonyl (C=O) groups excluding carboxylic acids is 1. The Labute approximate surface area is 140 Å². The van der Waals surface area contributed by atoms with E-state index in [1.54, 1.807) is 12.1 Å². The SMILES string of the molecule is CCC(C)C(=O)Nc1cccc(CNc2cccc(C(=O)O)n2)c1. The number of benzene rings is 1. The van der Waals surface area contributed by atoms with E-state index >= 15 is 0 Å². The van der Waals surface area contributed by atoms with Crippen LogP contribution in [0.2, 0.25) is 0 Å². The molecule has 6 heteroatoms. The molecule has 0 spiro atoms. The Morgan fingerprint density at radius 1 is 1.21 bits per heavy atom. The molecule has 1 heterocycles. The molecule has 3 N–H and O–H groups in total. The molecule has 0 radical (unpaired) electrons. The van der Waals surface area contributed by atoms with Gasteiger partial charge in [-0.05, 0) is 36.2 Å². The van der Waals surface area contributed by atoms with Crippen molar-refractivity contribution in [3.8, 4) is 0 Å². The summed E-state index contributed by atoms with van der Waals surface area (Å²) in [7, 11) is 0. The van der Waals surface area contributed by atoms with Gasteiger partial charge in [-0.25, -0.2) is 9.78 Å². The van der Waals surface area contributed by atoms with Crippen LogP contribution in [0.25, 0.3) is 0 Å². The molecular weight excluding hydrogens is 306 g/mol. The lowest BCUT2D eigenvalue weighted by Crippen LogP contribution is -2.19. The zero-order valence-corrected chi connectivity index (χ0v) is 13.7. The van der Waals surface area contributed by atoms with Gasteiger partial charge in [0.25, 0.3) is 0 Å². The monoisotopic (exact) mass is 327 g/mol. The van der Waals surface area contributed by atoms with E-state index in [1.807, 2.05) is 38.1 Å². The van der Waals surface area contributed by atoms with Gasteiger partial charge >= 0.3 is 5.97 Å². The van der Waals surface area contributed by atoms with Crippen molar-refractivity contribution in [2.24, 2.45) is 5.92 Å². The smallest absolute Gasteiger partial charge is 0.354 e. The molecule has 1 aromatic carbocycles. The number of hydrogen-bond acceptors (Lipinski definition) is 4. The fourth-order valence-electron chi connectivity index (χ4n) is 2.05. The normalized spacial score (nSPS) is 11.6. The quantitative estimate of drug-likeness (QED) is 0.725. The highest BCUT2D eigenvalue weighted by Gasteiger charge is 2.10. The molecule has 6 nitrogen and oxygen atoms in total. The second-order valence-corrected chi connectivity index (χ2v) is 5.57. The highest BCUT2D eigenvalue weighted by atomic mass is 16.4. The number of aromatic carboxylic acids is 1. The van der Waals surface area contributed by atoms with Crippen molar-refractivity contribution in [1.29, 1.82) is 0 Å². The van der Waals surface area contributed by atoms with Crippen LogP contribution in [0, 0.1) is 5.92 Å². The lowest BCUT2D eigenvalue weighted by molar-refractivity contribution is -0.119. The van der Waals surface area contributed by atoms with Gasteiger partial charge in [0.15, 0.2) is 5.69 Å². The Bertz CT molecular complexity index is 731. The molecule has 0 aliphatic heterocycles. The van der Waals surface area contributed by atoms with Crippen LogP contribution in [0.3, 0.4) is 0 Å². The summed E-state index contributed by atoms with van der Waals surface area (Å²) in [4.78, 5) is 26.9. The van der Waals surface area contributed by atoms with Crippen LogP contribution in [0.4, 0.5) is 11.5 Å². The highest BCUT2D eigenvalue weighted by Crippen LogP contribution is 2.14. The summed E-state index contributed by atoms with van der Waals surface area (Å²) in [5.74, 6) is -0.606. The summed E-state index contributed by atoms with van der Waals surface area (Å²) in [5.41, 5.74) is 1.70. The van der Waals surface area contributed by atoms with E-state index in [9.17, 15) is 9.59 Å². The summed E-state index contributed by atoms with van der Waals surface area (Å²) in [5, 5.41) is 14.9. The van der Waals surface area contributed by atoms with E-state index in [0.717, 1.165) is 17.7 Å². The number of pyridine rings is 1. The third kappa shape index (κ3) is 4.81. The Morgan fingerprint density at radius 3 is 2.67 bits per heavy atom. The molecule has 0 bridgehead atoms. The molecule has 1 unspecified atom stereocenters. The molecule has 0 fully saturated rings. The molecular formula is C18H21N3O3. The van der Waals surface area contributed by atoms with Crippen LogP contribution in [-0.2, 0) is 11.3 Å². The van der Waals surface area contributed by atoms with Crippen LogP contribution >= 0.6 is 0 Å². The topological polar surface area (TPSA) is 91.3 Å². The van der Waals surface area contributed by atoms with Crippen LogP contribution in [-0.4, -0.2) is 22.0 Å². The Kier molecular flexibility index (Phi) is 5.89. The zero-order valence-electron chi connectivity index (χ0n) is 13.7. The largest absolute Gasteiger partial charge is 0.477 e. The number of amides is 1. The standard InChI is InChI=1S/C18H21N3O3/c1-3-12(2)17(22)20-14-7-4-6-13(10-14)11-19-16-9-5-8-15(21-16)18(23)24/h4-10,12H,3,11H2,1-2H3,(H,19,21)(H,20,22)(H,23,24). The third-order valence-corrected chi connectivity index (χ3v) is 3.70. The van der Waals surface area contributed by atoms with Crippen LogP contribution < -0.4 is 10.6 Å². The number of carboxylic acids is 1. The molecule has 0 saturated carbocycles. The van der Waals surface area contributed by atoms with E-state index in [0.29, 0.717) is 12.4 Å². The molecule has 0 aliphatic carbocycles. The predicted molar refractivity (Wildman–Crippen MR) is 93.0 cm³/mol. The number of rotatable bonds is 7. The summed E-state index contributed by atoms with van der Waals surface area (Å²) in [6.45, 7) is 4.34. The fraction of sp³-hybridized carbons (Fsp3) is 0.278. The minimum absolute atomic E-state index is 0.00145. The van der Waals surface area contributed by atoms with Crippen molar-refractivity contribution in [1.82, 2.24) is 4.98 Å². The third-order valence-electron chi connectivity index (χ3n) is 3.70. The van der Waals surface area contributed by atoms with Gasteiger partial charge in [-0.15, -0.1) is 0 Å². The van der Waals surface area contributed by atoms with Crippen molar-refractivity contribution >= 4 is 23.4 Å². The second kappa shape index (κ2) is 8.10. The summed E-state index contributed by atoms with van der Waals surface area (Å²) in [6, 6.07) is 12.3. The van der Waals surface area contributed by atoms with Crippen LogP contribution in [0.1, 0.15) is 36.3 Å². The first-order valence-electron chi connectivity index (χ1n) is 7.83. The lowest BCUT2D eigenvalue weighted by Gasteiger charge is -2.11. The average Bonchev–Trinajstić information content (AvgIpc) is 2.59. The summed E-state index contributed by atoms with van der Waals surface area (Å²) >= 11 is 0. The zero-order chi connectivity index (χ0) is 17.5. The van der Waals surface area contributed by atoms with Gasteiger partial charge in [-0.2, -0.15) is 0 Å². The van der Waals surface area contributed by atoms with Crippen LogP contribution in [0.15, 0.2) is 42.5 Å². The summed E-state index contributed by atoms with van der Waals surface area (Å²) in [6.07, 6.45) is 0.790. The van der Waals surface area contributed by atoms with Crippen molar-refractivity contribution in [2.75, 3.05) is 10.6 Å². The molecule has 1 aromatic heterocycles. The van der Waals surface area contributed by atoms with Crippen molar-refractivity contribution in [3.05, 3.63) is 53.7 Å². The van der Waals surface area contributed by atoms with Gasteiger partial charge in [0, 0.05) is 18.2 Å². The fourth-order valence-corrected chi connectivity index (χ4v) is 2.05. The number of carbonyl (C=O) groups is 2. The van der Waals surface area contributed by atoms with Gasteiger partial charge in [-0.3, -0.25) is 4.79 Å². The van der Waals surface area contributed by atoms with Gasteiger partial charge in [-0.1, -0.05) is 32.0 Å². The van der Waals surface area contributed by atoms with Gasteiger partial charge in [0.1, 0.15) is 5.82 Å². The number of aromatic nitrogens is 1. The number of nitrogens with zero attached hydrogens (tertiary/aromatic N) is 1. The lowest BCUT2D eigenvalue weighted by atomic mass is 10.1. The van der Waals surface area contributed by atoms with Crippen LogP contribution in [0.5, 0.6) is 0 Å². The van der Waals surface area contributed by atoms with E-state index in [-0.39, 0.29) is 17.5 Å². The number of carboxylic acid groups (broad SMARTS) is 1. The first-order chi connectivity index (χ1) is 11.5. The molecule has 0 aliphatic rings. The highest BCUT2D eigenvalue weighted by molar-refractivity contribution is 5.92. The molecule has 126 valence electrons. The minimum Gasteiger partial charge on any atom is -0.477 e. The average molecular weight is 327 g/mol. The number of anilines is 2. The molecule has 0 saturated heterocycles. The molecule has 2 rings (SSSR count). The van der Waals surface area contributed by atoms with Crippen molar-refractivity contribution < 1.29 is 14.7 Å². The molecule has 24 heavy (non-hydrogen) atoms. The molecule has 1 atom stereocenters. The van der Waals surface area contributed by atoms with E-state index < -0.39 is 5.97 Å². The Balaban J connectivity index is 2.01. The maximum Gasteiger partial charge on any atom is 0.354 e. The van der Waals surface area contributed by atoms with E-state index in [2.05, 4.69) is 15.6 Å². The second-order valence-electron chi connectivity index (χ2n) is 5.57. The van der Waals surface area contributed by atoms with E-state index in [4.69, 9.17) is 5.11 Å². The number of hydrogen-bond donors (Lipinski definition) is 3. The van der Waals surface area contributed by atoms with Gasteiger partial charge in [0.2, 0.25) is 5.91 Å². The predicted octanol–water partition coefficient (Wildman–Crippen LogP) is 3.38. The van der Waals surface area contributed by atoms with Crippen molar-refractivity contribution in [3.63, 3.8) is 0 Å². The first-order valence-corrected chi connectivity index (χ1v) is 7.83. The Morgan fingerprint density at radius 2 is 1.96 bits per heavy atom. The molecule has 2 aromatic rings. The minimum atomic E-state index is -1.06.